The second kappa shape index (κ2) is 6.94. The number of primary amides is 1. The van der Waals surface area contributed by atoms with Crippen LogP contribution in [0.5, 0.6) is 0 Å². The van der Waals surface area contributed by atoms with Gasteiger partial charge in [-0.2, -0.15) is 5.10 Å². The van der Waals surface area contributed by atoms with Crippen LogP contribution in [0.2, 0.25) is 5.15 Å². The van der Waals surface area contributed by atoms with E-state index in [9.17, 15) is 4.79 Å². The van der Waals surface area contributed by atoms with Gasteiger partial charge in [-0.1, -0.05) is 17.5 Å². The molecule has 0 saturated heterocycles. The fraction of sp³-hybridized carbons (Fsp3) is 0.167. The summed E-state index contributed by atoms with van der Waals surface area (Å²) in [5, 5.41) is 8.51. The van der Waals surface area contributed by atoms with E-state index in [0.29, 0.717) is 22.4 Å². The lowest BCUT2D eigenvalue weighted by molar-refractivity contribution is 0.0988. The Morgan fingerprint density at radius 3 is 2.58 bits per heavy atom. The molecule has 3 heterocycles. The molecule has 0 atom stereocenters. The maximum absolute atomic E-state index is 11.8. The zero-order valence-corrected chi connectivity index (χ0v) is 15.2. The van der Waals surface area contributed by atoms with Gasteiger partial charge in [-0.05, 0) is 44.9 Å². The third kappa shape index (κ3) is 3.27. The molecule has 8 heteroatoms. The van der Waals surface area contributed by atoms with Crippen LogP contribution in [0.3, 0.4) is 0 Å². The number of aryl methyl sites for hydroxylation is 1. The average Bonchev–Trinajstić information content (AvgIpc) is 2.94. The Morgan fingerprint density at radius 1 is 1.15 bits per heavy atom. The largest absolute Gasteiger partial charge is 0.363 e. The van der Waals surface area contributed by atoms with Gasteiger partial charge in [0.2, 0.25) is 5.82 Å². The molecule has 2 N–H and O–H groups in total. The van der Waals surface area contributed by atoms with Gasteiger partial charge < -0.3 is 5.73 Å². The van der Waals surface area contributed by atoms with Crippen molar-refractivity contribution in [3.05, 3.63) is 63.6 Å². The number of aromatic nitrogens is 5. The minimum Gasteiger partial charge on any atom is -0.363 e. The van der Waals surface area contributed by atoms with Crippen molar-refractivity contribution in [1.29, 1.82) is 0 Å². The maximum atomic E-state index is 11.8. The van der Waals surface area contributed by atoms with Crippen LogP contribution in [0.1, 0.15) is 38.8 Å². The summed E-state index contributed by atoms with van der Waals surface area (Å²) in [6, 6.07) is 5.30. The Hall–Kier alpha value is -3.24. The summed E-state index contributed by atoms with van der Waals surface area (Å²) in [7, 11) is 0. The highest BCUT2D eigenvalue weighted by Crippen LogP contribution is 2.17. The number of imidazole rings is 1. The van der Waals surface area contributed by atoms with Crippen molar-refractivity contribution in [3.8, 4) is 17.7 Å². The summed E-state index contributed by atoms with van der Waals surface area (Å²) in [5.41, 5.74) is 8.81. The van der Waals surface area contributed by atoms with Gasteiger partial charge in [0.1, 0.15) is 10.8 Å². The second-order valence-corrected chi connectivity index (χ2v) is 5.98. The van der Waals surface area contributed by atoms with Gasteiger partial charge in [0.15, 0.2) is 5.82 Å². The lowest BCUT2D eigenvalue weighted by atomic mass is 10.1. The average molecular weight is 367 g/mol. The quantitative estimate of drug-likeness (QED) is 0.553. The molecule has 0 aliphatic rings. The Bertz CT molecular complexity index is 1060. The molecule has 0 radical (unpaired) electrons. The summed E-state index contributed by atoms with van der Waals surface area (Å²) in [4.78, 5) is 20.1. The predicted octanol–water partition coefficient (Wildman–Crippen LogP) is 2.13. The molecule has 0 aliphatic carbocycles. The van der Waals surface area contributed by atoms with E-state index in [-0.39, 0.29) is 5.82 Å². The summed E-state index contributed by atoms with van der Waals surface area (Å²) < 4.78 is 1.55. The van der Waals surface area contributed by atoms with E-state index in [1.54, 1.807) is 35.9 Å². The highest BCUT2D eigenvalue weighted by atomic mass is 35.5. The number of carbonyl (C=O) groups excluding carboxylic acids is 1. The fourth-order valence-corrected chi connectivity index (χ4v) is 2.51. The predicted molar refractivity (Wildman–Crippen MR) is 97.1 cm³/mol. The first kappa shape index (κ1) is 17.6. The first-order valence-electron chi connectivity index (χ1n) is 7.71. The first-order chi connectivity index (χ1) is 12.4. The van der Waals surface area contributed by atoms with Gasteiger partial charge in [-0.15, -0.1) is 5.10 Å². The summed E-state index contributed by atoms with van der Waals surface area (Å²) in [6.07, 6.45) is 1.58. The van der Waals surface area contributed by atoms with E-state index < -0.39 is 5.91 Å². The molecular formula is C18H15ClN6O. The van der Waals surface area contributed by atoms with Gasteiger partial charge in [-0.25, -0.2) is 9.97 Å². The van der Waals surface area contributed by atoms with E-state index in [2.05, 4.69) is 32.0 Å². The third-order valence-corrected chi connectivity index (χ3v) is 4.18. The number of rotatable bonds is 2. The Morgan fingerprint density at radius 2 is 1.92 bits per heavy atom. The normalized spacial score (nSPS) is 10.3. The minimum absolute atomic E-state index is 0.0504. The standard InChI is InChI=1S/C18H15ClN6O/c1-10-4-7-15(24-23-10)25-12(3)14(22-18(25)17(20)26)6-5-13-8-9-21-16(19)11(13)2/h4,7-9H,1-3H3,(H2,20,26). The van der Waals surface area contributed by atoms with Crippen LogP contribution in [0.4, 0.5) is 0 Å². The second-order valence-electron chi connectivity index (χ2n) is 5.63. The monoisotopic (exact) mass is 366 g/mol. The van der Waals surface area contributed by atoms with Crippen LogP contribution in [0.15, 0.2) is 24.4 Å². The Labute approximate surface area is 155 Å². The molecule has 0 aliphatic heterocycles. The van der Waals surface area contributed by atoms with Crippen LogP contribution in [-0.4, -0.2) is 30.6 Å². The van der Waals surface area contributed by atoms with Crippen LogP contribution in [0.25, 0.3) is 5.82 Å². The first-order valence-corrected chi connectivity index (χ1v) is 8.09. The minimum atomic E-state index is -0.674. The number of nitrogens with two attached hydrogens (primary N) is 1. The third-order valence-electron chi connectivity index (χ3n) is 3.80. The lowest BCUT2D eigenvalue weighted by Gasteiger charge is -2.06. The number of pyridine rings is 1. The van der Waals surface area contributed by atoms with Crippen molar-refractivity contribution in [1.82, 2.24) is 24.7 Å². The Balaban J connectivity index is 2.12. The van der Waals surface area contributed by atoms with Gasteiger partial charge in [0.05, 0.1) is 11.4 Å². The fourth-order valence-electron chi connectivity index (χ4n) is 2.35. The molecule has 0 bridgehead atoms. The van der Waals surface area contributed by atoms with Crippen LogP contribution < -0.4 is 5.73 Å². The molecule has 0 spiro atoms. The molecule has 3 aromatic rings. The van der Waals surface area contributed by atoms with E-state index >= 15 is 0 Å². The van der Waals surface area contributed by atoms with Crippen molar-refractivity contribution in [2.45, 2.75) is 20.8 Å². The van der Waals surface area contributed by atoms with Crippen LogP contribution in [-0.2, 0) is 0 Å². The molecule has 26 heavy (non-hydrogen) atoms. The number of amides is 1. The zero-order valence-electron chi connectivity index (χ0n) is 14.4. The molecule has 0 aromatic carbocycles. The molecule has 7 nitrogen and oxygen atoms in total. The summed E-state index contributed by atoms with van der Waals surface area (Å²) in [5.74, 6) is 5.81. The van der Waals surface area contributed by atoms with Gasteiger partial charge in [0, 0.05) is 17.3 Å². The van der Waals surface area contributed by atoms with Crippen molar-refractivity contribution in [2.75, 3.05) is 0 Å². The van der Waals surface area contributed by atoms with Gasteiger partial charge in [0.25, 0.3) is 5.91 Å². The smallest absolute Gasteiger partial charge is 0.285 e. The number of carbonyl (C=O) groups is 1. The molecule has 0 unspecified atom stereocenters. The van der Waals surface area contributed by atoms with Crippen LogP contribution >= 0.6 is 11.6 Å². The lowest BCUT2D eigenvalue weighted by Crippen LogP contribution is -2.18. The van der Waals surface area contributed by atoms with E-state index in [0.717, 1.165) is 16.8 Å². The van der Waals surface area contributed by atoms with E-state index in [4.69, 9.17) is 17.3 Å². The van der Waals surface area contributed by atoms with Crippen molar-refractivity contribution in [3.63, 3.8) is 0 Å². The number of hydrogen-bond acceptors (Lipinski definition) is 5. The summed E-state index contributed by atoms with van der Waals surface area (Å²) in [6.45, 7) is 5.45. The molecule has 130 valence electrons. The number of halogens is 1. The van der Waals surface area contributed by atoms with Crippen molar-refractivity contribution >= 4 is 17.5 Å². The SMILES string of the molecule is Cc1ccc(-n2c(C(N)=O)nc(C#Cc3ccnc(Cl)c3C)c2C)nn1. The molecule has 0 saturated carbocycles. The molecule has 0 fully saturated rings. The van der Waals surface area contributed by atoms with Crippen LogP contribution in [0, 0.1) is 32.6 Å². The van der Waals surface area contributed by atoms with E-state index in [1.807, 2.05) is 13.8 Å². The van der Waals surface area contributed by atoms with Gasteiger partial charge in [-0.3, -0.25) is 9.36 Å². The summed E-state index contributed by atoms with van der Waals surface area (Å²) >= 11 is 6.02. The molecule has 3 rings (SSSR count). The van der Waals surface area contributed by atoms with Gasteiger partial charge >= 0.3 is 0 Å². The van der Waals surface area contributed by atoms with E-state index in [1.165, 1.54) is 0 Å². The Kier molecular flexibility index (Phi) is 4.69. The highest BCUT2D eigenvalue weighted by molar-refractivity contribution is 6.30. The number of nitrogens with zero attached hydrogens (tertiary/aromatic N) is 5. The molecular weight excluding hydrogens is 352 g/mol. The number of hydrogen-bond donors (Lipinski definition) is 1. The molecule has 3 aromatic heterocycles. The van der Waals surface area contributed by atoms with Crippen molar-refractivity contribution < 1.29 is 4.79 Å². The highest BCUT2D eigenvalue weighted by Gasteiger charge is 2.19. The maximum Gasteiger partial charge on any atom is 0.285 e. The molecule has 1 amide bonds. The topological polar surface area (TPSA) is 99.6 Å². The zero-order chi connectivity index (χ0) is 18.8. The van der Waals surface area contributed by atoms with Crippen molar-refractivity contribution in [2.24, 2.45) is 5.73 Å².